The third kappa shape index (κ3) is 5.00. The molecule has 5 N–H and O–H groups in total. The Morgan fingerprint density at radius 2 is 2.03 bits per heavy atom. The minimum atomic E-state index is -0.242. The molecule has 0 fully saturated rings. The maximum atomic E-state index is 12.0. The van der Waals surface area contributed by atoms with Gasteiger partial charge in [0, 0.05) is 29.9 Å². The van der Waals surface area contributed by atoms with Crippen LogP contribution in [0.4, 0.5) is 11.4 Å². The van der Waals surface area contributed by atoms with Crippen molar-refractivity contribution in [3.8, 4) is 28.6 Å². The number of hydrogen-bond donors (Lipinski definition) is 4. The highest BCUT2D eigenvalue weighted by Crippen LogP contribution is 2.41. The lowest BCUT2D eigenvalue weighted by molar-refractivity contribution is 0.0945. The first kappa shape index (κ1) is 22.4. The number of aliphatic hydroxyl groups is 1. The van der Waals surface area contributed by atoms with Gasteiger partial charge in [-0.1, -0.05) is 6.07 Å². The zero-order chi connectivity index (χ0) is 23.2. The molecule has 0 saturated heterocycles. The van der Waals surface area contributed by atoms with E-state index in [1.54, 1.807) is 31.4 Å². The number of methoxy groups -OCH3 is 1. The van der Waals surface area contributed by atoms with E-state index < -0.39 is 0 Å². The number of nitrogens with one attached hydrogen (secondary N) is 2. The molecule has 33 heavy (non-hydrogen) atoms. The number of anilines is 2. The van der Waals surface area contributed by atoms with Gasteiger partial charge in [-0.3, -0.25) is 4.79 Å². The number of aromatic nitrogens is 1. The number of nitrogens with zero attached hydrogens (tertiary/aromatic N) is 1. The van der Waals surface area contributed by atoms with Crippen LogP contribution < -0.4 is 30.6 Å². The molecule has 0 spiro atoms. The molecule has 3 aromatic rings. The number of carbonyl (C=O) groups excluding carboxylic acids is 1. The monoisotopic (exact) mass is 450 g/mol. The van der Waals surface area contributed by atoms with E-state index in [-0.39, 0.29) is 25.2 Å². The van der Waals surface area contributed by atoms with Crippen LogP contribution in [-0.2, 0) is 0 Å². The summed E-state index contributed by atoms with van der Waals surface area (Å²) in [6.45, 7) is 0.874. The number of amides is 1. The van der Waals surface area contributed by atoms with E-state index in [0.29, 0.717) is 47.5 Å². The van der Waals surface area contributed by atoms with E-state index in [1.165, 1.54) is 0 Å². The fourth-order valence-electron chi connectivity index (χ4n) is 3.43. The van der Waals surface area contributed by atoms with Crippen LogP contribution in [0.2, 0.25) is 0 Å². The first-order valence-electron chi connectivity index (χ1n) is 10.6. The average molecular weight is 450 g/mol. The van der Waals surface area contributed by atoms with Gasteiger partial charge in [0.15, 0.2) is 11.5 Å². The van der Waals surface area contributed by atoms with Crippen molar-refractivity contribution < 1.29 is 24.1 Å². The van der Waals surface area contributed by atoms with Crippen LogP contribution in [0, 0.1) is 0 Å². The Kier molecular flexibility index (Phi) is 6.92. The van der Waals surface area contributed by atoms with E-state index in [0.717, 1.165) is 11.3 Å². The minimum Gasteiger partial charge on any atom is -0.486 e. The molecule has 4 rings (SSSR count). The van der Waals surface area contributed by atoms with Crippen molar-refractivity contribution in [1.82, 2.24) is 10.3 Å². The van der Waals surface area contributed by atoms with Gasteiger partial charge in [-0.25, -0.2) is 4.98 Å². The van der Waals surface area contributed by atoms with Gasteiger partial charge in [-0.15, -0.1) is 0 Å². The van der Waals surface area contributed by atoms with Gasteiger partial charge in [0.2, 0.25) is 5.88 Å². The molecule has 0 radical (unpaired) electrons. The molecule has 1 aromatic heterocycles. The Labute approximate surface area is 191 Å². The van der Waals surface area contributed by atoms with Crippen molar-refractivity contribution in [2.45, 2.75) is 6.10 Å². The summed E-state index contributed by atoms with van der Waals surface area (Å²) >= 11 is 0. The number of para-hydroxylation sites is 1. The van der Waals surface area contributed by atoms with Gasteiger partial charge in [0.25, 0.3) is 5.91 Å². The number of benzene rings is 2. The van der Waals surface area contributed by atoms with Gasteiger partial charge in [0.05, 0.1) is 19.4 Å². The smallest absolute Gasteiger partial charge is 0.251 e. The van der Waals surface area contributed by atoms with Crippen LogP contribution in [0.5, 0.6) is 17.4 Å². The molecule has 2 heterocycles. The second kappa shape index (κ2) is 10.2. The lowest BCUT2D eigenvalue weighted by Crippen LogP contribution is -2.35. The fourth-order valence-corrected chi connectivity index (χ4v) is 3.43. The van der Waals surface area contributed by atoms with Gasteiger partial charge in [0.1, 0.15) is 18.4 Å². The summed E-state index contributed by atoms with van der Waals surface area (Å²) in [7, 11) is 1.55. The van der Waals surface area contributed by atoms with Crippen LogP contribution >= 0.6 is 0 Å². The number of aliphatic hydroxyl groups excluding tert-OH is 1. The molecular formula is C24H26N4O5. The molecule has 0 aliphatic carbocycles. The average Bonchev–Trinajstić information content (AvgIpc) is 2.87. The largest absolute Gasteiger partial charge is 0.486 e. The lowest BCUT2D eigenvalue weighted by Gasteiger charge is -2.27. The second-order valence-corrected chi connectivity index (χ2v) is 7.35. The maximum absolute atomic E-state index is 12.0. The number of rotatable bonds is 8. The zero-order valence-electron chi connectivity index (χ0n) is 18.2. The predicted octanol–water partition coefficient (Wildman–Crippen LogP) is 2.32. The quantitative estimate of drug-likeness (QED) is 0.412. The van der Waals surface area contributed by atoms with Gasteiger partial charge in [-0.2, -0.15) is 0 Å². The van der Waals surface area contributed by atoms with Crippen LogP contribution in [0.15, 0.2) is 54.6 Å². The minimum absolute atomic E-state index is 0.104. The van der Waals surface area contributed by atoms with Gasteiger partial charge >= 0.3 is 0 Å². The van der Waals surface area contributed by atoms with Crippen LogP contribution in [0.3, 0.4) is 0 Å². The first-order valence-corrected chi connectivity index (χ1v) is 10.6. The van der Waals surface area contributed by atoms with E-state index in [2.05, 4.69) is 15.6 Å². The summed E-state index contributed by atoms with van der Waals surface area (Å²) < 4.78 is 17.3. The molecule has 1 amide bonds. The highest BCUT2D eigenvalue weighted by molar-refractivity contribution is 5.94. The highest BCUT2D eigenvalue weighted by atomic mass is 16.6. The Bertz CT molecular complexity index is 1120. The zero-order valence-corrected chi connectivity index (χ0v) is 18.2. The van der Waals surface area contributed by atoms with Gasteiger partial charge < -0.3 is 35.7 Å². The first-order chi connectivity index (χ1) is 16.1. The summed E-state index contributed by atoms with van der Waals surface area (Å²) in [6.07, 6.45) is -0.213. The summed E-state index contributed by atoms with van der Waals surface area (Å²) in [4.78, 5) is 16.6. The van der Waals surface area contributed by atoms with Crippen LogP contribution in [0.25, 0.3) is 11.3 Å². The number of fused-ring (bicyclic) bond motifs is 1. The van der Waals surface area contributed by atoms with Crippen molar-refractivity contribution in [3.05, 3.63) is 60.2 Å². The normalized spacial score (nSPS) is 14.5. The number of carbonyl (C=O) groups is 1. The molecule has 2 aromatic carbocycles. The standard InChI is InChI=1S/C24H26N4O5/c1-31-24-20(27-16-7-5-15(6-8-16)23(30)26-11-12-29)10-9-19(28-24)18-3-2-4-21-22(18)33-17(13-25)14-32-21/h2-10,17,27,29H,11-14,25H2,1H3,(H,26,30). The SMILES string of the molecule is COc1nc(-c2cccc3c2OC(CN)CO3)ccc1Nc1ccc(C(=O)NCCO)cc1. The molecule has 172 valence electrons. The van der Waals surface area contributed by atoms with Crippen LogP contribution in [0.1, 0.15) is 10.4 Å². The van der Waals surface area contributed by atoms with Crippen molar-refractivity contribution in [3.63, 3.8) is 0 Å². The van der Waals surface area contributed by atoms with E-state index in [4.69, 9.17) is 25.1 Å². The molecule has 0 saturated carbocycles. The molecule has 0 bridgehead atoms. The number of ether oxygens (including phenoxy) is 3. The van der Waals surface area contributed by atoms with Crippen molar-refractivity contribution in [2.75, 3.05) is 38.7 Å². The highest BCUT2D eigenvalue weighted by Gasteiger charge is 2.24. The molecular weight excluding hydrogens is 424 g/mol. The Morgan fingerprint density at radius 3 is 2.76 bits per heavy atom. The Morgan fingerprint density at radius 1 is 1.21 bits per heavy atom. The molecule has 9 heteroatoms. The number of pyridine rings is 1. The third-order valence-electron chi connectivity index (χ3n) is 5.10. The predicted molar refractivity (Wildman–Crippen MR) is 124 cm³/mol. The molecule has 9 nitrogen and oxygen atoms in total. The van der Waals surface area contributed by atoms with Crippen LogP contribution in [-0.4, -0.2) is 55.5 Å². The van der Waals surface area contributed by atoms with Crippen molar-refractivity contribution in [1.29, 1.82) is 0 Å². The second-order valence-electron chi connectivity index (χ2n) is 7.35. The number of nitrogens with two attached hydrogens (primary N) is 1. The molecule has 1 unspecified atom stereocenters. The Hall–Kier alpha value is -3.82. The summed E-state index contributed by atoms with van der Waals surface area (Å²) in [5.74, 6) is 1.43. The fraction of sp³-hybridized carbons (Fsp3) is 0.250. The maximum Gasteiger partial charge on any atom is 0.251 e. The Balaban J connectivity index is 1.56. The van der Waals surface area contributed by atoms with Crippen molar-refractivity contribution in [2.24, 2.45) is 5.73 Å². The molecule has 1 aliphatic heterocycles. The lowest BCUT2D eigenvalue weighted by atomic mass is 10.1. The summed E-state index contributed by atoms with van der Waals surface area (Å²) in [6, 6.07) is 16.4. The van der Waals surface area contributed by atoms with Gasteiger partial charge in [-0.05, 0) is 48.5 Å². The topological polar surface area (TPSA) is 128 Å². The molecule has 1 aliphatic rings. The van der Waals surface area contributed by atoms with E-state index in [9.17, 15) is 4.79 Å². The van der Waals surface area contributed by atoms with E-state index in [1.807, 2.05) is 30.3 Å². The summed E-state index contributed by atoms with van der Waals surface area (Å²) in [5.41, 5.74) is 9.15. The summed E-state index contributed by atoms with van der Waals surface area (Å²) in [5, 5.41) is 14.7. The number of hydrogen-bond acceptors (Lipinski definition) is 8. The van der Waals surface area contributed by atoms with Crippen molar-refractivity contribution >= 4 is 17.3 Å². The third-order valence-corrected chi connectivity index (χ3v) is 5.10. The molecule has 1 atom stereocenters. The van der Waals surface area contributed by atoms with E-state index >= 15 is 0 Å².